The van der Waals surface area contributed by atoms with Gasteiger partial charge in [-0.1, -0.05) is 41.5 Å². The molecule has 1 unspecified atom stereocenters. The molecule has 0 rings (SSSR count). The molecule has 0 aliphatic carbocycles. The van der Waals surface area contributed by atoms with E-state index < -0.39 is 0 Å². The van der Waals surface area contributed by atoms with E-state index in [4.69, 9.17) is 5.73 Å². The van der Waals surface area contributed by atoms with Gasteiger partial charge in [0.1, 0.15) is 5.79 Å². The first kappa shape index (κ1) is 18.8. The molecule has 0 aliphatic heterocycles. The molecule has 0 aromatic rings. The first-order chi connectivity index (χ1) is 8.97. The third kappa shape index (κ3) is 3.91. The molecule has 0 spiro atoms. The topological polar surface area (TPSA) is 35.7 Å². The fourth-order valence-electron chi connectivity index (χ4n) is 3.23. The van der Waals surface area contributed by atoms with Crippen LogP contribution in [0.25, 0.3) is 0 Å². The third-order valence-corrected chi connectivity index (χ3v) is 4.51. The van der Waals surface area contributed by atoms with Crippen molar-refractivity contribution < 1.29 is 0 Å². The van der Waals surface area contributed by atoms with Crippen LogP contribution in [0.15, 0.2) is 0 Å². The lowest BCUT2D eigenvalue weighted by Crippen LogP contribution is -2.75. The molecule has 1 atom stereocenters. The van der Waals surface area contributed by atoms with Crippen LogP contribution in [0.2, 0.25) is 0 Å². The molecule has 4 heteroatoms. The average molecular weight is 272 g/mol. The van der Waals surface area contributed by atoms with E-state index in [0.29, 0.717) is 6.04 Å². The number of hydrogen-bond donors (Lipinski definition) is 1. The molecule has 0 aromatic carbocycles. The van der Waals surface area contributed by atoms with Crippen LogP contribution >= 0.6 is 0 Å². The molecule has 0 aliphatic rings. The second-order valence-corrected chi connectivity index (χ2v) is 5.02. The van der Waals surface area contributed by atoms with Gasteiger partial charge in [0.15, 0.2) is 0 Å². The van der Waals surface area contributed by atoms with E-state index in [0.717, 1.165) is 39.3 Å². The van der Waals surface area contributed by atoms with Gasteiger partial charge in [0.25, 0.3) is 0 Å². The molecule has 0 bridgehead atoms. The van der Waals surface area contributed by atoms with Gasteiger partial charge in [0.2, 0.25) is 0 Å². The first-order valence-corrected chi connectivity index (χ1v) is 8.00. The van der Waals surface area contributed by atoms with Crippen molar-refractivity contribution in [3.63, 3.8) is 0 Å². The van der Waals surface area contributed by atoms with Crippen LogP contribution in [0.3, 0.4) is 0 Å². The lowest BCUT2D eigenvalue weighted by molar-refractivity contribution is -0.0996. The SMILES string of the molecule is CCN(CC)C(C)C(N)(N(CC)CC)N(CC)CC. The fourth-order valence-corrected chi connectivity index (χ4v) is 3.23. The number of likely N-dealkylation sites (N-methyl/N-ethyl adjacent to an activating group) is 3. The molecule has 0 saturated carbocycles. The third-order valence-electron chi connectivity index (χ3n) is 4.51. The Morgan fingerprint density at radius 2 is 1.05 bits per heavy atom. The van der Waals surface area contributed by atoms with Crippen LogP contribution in [0.1, 0.15) is 48.5 Å². The van der Waals surface area contributed by atoms with Crippen molar-refractivity contribution in [3.05, 3.63) is 0 Å². The van der Waals surface area contributed by atoms with E-state index >= 15 is 0 Å². The summed E-state index contributed by atoms with van der Waals surface area (Å²) < 4.78 is 0. The van der Waals surface area contributed by atoms with Crippen LogP contribution < -0.4 is 5.73 Å². The summed E-state index contributed by atoms with van der Waals surface area (Å²) in [6.45, 7) is 21.5. The number of nitrogens with two attached hydrogens (primary N) is 1. The molecule has 0 amide bonds. The maximum absolute atomic E-state index is 6.93. The Morgan fingerprint density at radius 1 is 0.737 bits per heavy atom. The largest absolute Gasteiger partial charge is 0.299 e. The summed E-state index contributed by atoms with van der Waals surface area (Å²) in [6, 6.07) is 0.308. The molecule has 0 fully saturated rings. The van der Waals surface area contributed by atoms with E-state index in [9.17, 15) is 0 Å². The normalized spacial score (nSPS) is 14.7. The number of rotatable bonds is 10. The van der Waals surface area contributed by atoms with E-state index in [1.54, 1.807) is 0 Å². The lowest BCUT2D eigenvalue weighted by Gasteiger charge is -2.53. The Kier molecular flexibility index (Phi) is 8.83. The second kappa shape index (κ2) is 8.90. The minimum Gasteiger partial charge on any atom is -0.299 e. The highest BCUT2D eigenvalue weighted by Gasteiger charge is 2.43. The maximum atomic E-state index is 6.93. The van der Waals surface area contributed by atoms with Gasteiger partial charge < -0.3 is 0 Å². The van der Waals surface area contributed by atoms with Gasteiger partial charge in [0.05, 0.1) is 6.04 Å². The Labute approximate surface area is 120 Å². The van der Waals surface area contributed by atoms with Gasteiger partial charge in [-0.2, -0.15) is 0 Å². The minimum absolute atomic E-state index is 0.308. The van der Waals surface area contributed by atoms with Gasteiger partial charge in [-0.3, -0.25) is 20.4 Å². The summed E-state index contributed by atoms with van der Waals surface area (Å²) in [5.74, 6) is -0.390. The zero-order valence-corrected chi connectivity index (χ0v) is 14.2. The molecule has 19 heavy (non-hydrogen) atoms. The summed E-state index contributed by atoms with van der Waals surface area (Å²) >= 11 is 0. The predicted octanol–water partition coefficient (Wildman–Crippen LogP) is 2.01. The summed E-state index contributed by atoms with van der Waals surface area (Å²) in [6.07, 6.45) is 0. The molecule has 0 heterocycles. The van der Waals surface area contributed by atoms with Crippen molar-refractivity contribution in [2.24, 2.45) is 5.73 Å². The van der Waals surface area contributed by atoms with Gasteiger partial charge in [0, 0.05) is 0 Å². The van der Waals surface area contributed by atoms with E-state index in [1.165, 1.54) is 0 Å². The minimum atomic E-state index is -0.390. The van der Waals surface area contributed by atoms with Crippen LogP contribution in [-0.2, 0) is 0 Å². The van der Waals surface area contributed by atoms with Crippen molar-refractivity contribution in [1.82, 2.24) is 14.7 Å². The molecule has 0 aromatic heterocycles. The molecule has 2 N–H and O–H groups in total. The molecule has 116 valence electrons. The highest BCUT2D eigenvalue weighted by atomic mass is 15.5. The lowest BCUT2D eigenvalue weighted by atomic mass is 10.0. The zero-order chi connectivity index (χ0) is 15.1. The van der Waals surface area contributed by atoms with Gasteiger partial charge in [-0.15, -0.1) is 0 Å². The Morgan fingerprint density at radius 3 is 1.26 bits per heavy atom. The highest BCUT2D eigenvalue weighted by Crippen LogP contribution is 2.23. The van der Waals surface area contributed by atoms with Gasteiger partial charge in [-0.25, -0.2) is 0 Å². The molecular formula is C15H36N4. The van der Waals surface area contributed by atoms with Crippen LogP contribution in [0, 0.1) is 0 Å². The predicted molar refractivity (Wildman–Crippen MR) is 85.1 cm³/mol. The Balaban J connectivity index is 5.46. The monoisotopic (exact) mass is 272 g/mol. The smallest absolute Gasteiger partial charge is 0.141 e. The molecule has 0 radical (unpaired) electrons. The van der Waals surface area contributed by atoms with Gasteiger partial charge >= 0.3 is 0 Å². The number of hydrogen-bond acceptors (Lipinski definition) is 4. The molecular weight excluding hydrogens is 236 g/mol. The van der Waals surface area contributed by atoms with E-state index in [2.05, 4.69) is 63.2 Å². The van der Waals surface area contributed by atoms with Crippen LogP contribution in [0.4, 0.5) is 0 Å². The Hall–Kier alpha value is -0.160. The van der Waals surface area contributed by atoms with Crippen molar-refractivity contribution >= 4 is 0 Å². The summed E-state index contributed by atoms with van der Waals surface area (Å²) in [7, 11) is 0. The van der Waals surface area contributed by atoms with Crippen molar-refractivity contribution in [2.45, 2.75) is 60.3 Å². The summed E-state index contributed by atoms with van der Waals surface area (Å²) in [4.78, 5) is 7.24. The fraction of sp³-hybridized carbons (Fsp3) is 1.00. The zero-order valence-electron chi connectivity index (χ0n) is 14.2. The van der Waals surface area contributed by atoms with Crippen molar-refractivity contribution in [3.8, 4) is 0 Å². The van der Waals surface area contributed by atoms with Crippen LogP contribution in [-0.4, -0.2) is 65.8 Å². The number of nitrogens with zero attached hydrogens (tertiary/aromatic N) is 3. The average Bonchev–Trinajstić information content (AvgIpc) is 2.42. The summed E-state index contributed by atoms with van der Waals surface area (Å²) in [5, 5.41) is 0. The maximum Gasteiger partial charge on any atom is 0.141 e. The molecule has 0 saturated heterocycles. The van der Waals surface area contributed by atoms with E-state index in [1.807, 2.05) is 0 Å². The standard InChI is InChI=1S/C15H36N4/c1-8-17(9-2)14(7)15(16,18(10-3)11-4)19(12-5)13-6/h14H,8-13,16H2,1-7H3. The quantitative estimate of drug-likeness (QED) is 0.617. The Bertz CT molecular complexity index is 208. The highest BCUT2D eigenvalue weighted by molar-refractivity contribution is 4.93. The molecule has 4 nitrogen and oxygen atoms in total. The summed E-state index contributed by atoms with van der Waals surface area (Å²) in [5.41, 5.74) is 6.93. The van der Waals surface area contributed by atoms with E-state index in [-0.39, 0.29) is 5.79 Å². The van der Waals surface area contributed by atoms with Crippen molar-refractivity contribution in [1.29, 1.82) is 0 Å². The second-order valence-electron chi connectivity index (χ2n) is 5.02. The van der Waals surface area contributed by atoms with Crippen LogP contribution in [0.5, 0.6) is 0 Å². The van der Waals surface area contributed by atoms with Crippen molar-refractivity contribution in [2.75, 3.05) is 39.3 Å². The first-order valence-electron chi connectivity index (χ1n) is 8.00. The van der Waals surface area contributed by atoms with Gasteiger partial charge in [-0.05, 0) is 46.2 Å².